The zero-order valence-corrected chi connectivity index (χ0v) is 12.8. The van der Waals surface area contributed by atoms with Crippen molar-refractivity contribution in [2.75, 3.05) is 13.2 Å². The normalized spacial score (nSPS) is 25.5. The molecule has 1 saturated carbocycles. The van der Waals surface area contributed by atoms with Gasteiger partial charge in [-0.3, -0.25) is 4.79 Å². The van der Waals surface area contributed by atoms with Gasteiger partial charge >= 0.3 is 0 Å². The molecule has 1 aromatic heterocycles. The number of nitrogens with zero attached hydrogens (tertiary/aromatic N) is 3. The van der Waals surface area contributed by atoms with Crippen LogP contribution in [-0.2, 0) is 11.2 Å². The zero-order valence-electron chi connectivity index (χ0n) is 12.8. The standard InChI is InChI=1S/C16H23N3O2/c1-3-13-12(10-17-11(2)18-13)16(20)19-8-9-21-15-7-5-4-6-14(15)19/h10,14-15H,3-9H2,1-2H3/t14-,15+/m0/s1. The average molecular weight is 289 g/mol. The Morgan fingerprint density at radius 1 is 1.43 bits per heavy atom. The summed E-state index contributed by atoms with van der Waals surface area (Å²) in [7, 11) is 0. The molecule has 1 aromatic rings. The van der Waals surface area contributed by atoms with E-state index in [-0.39, 0.29) is 18.1 Å². The molecule has 1 amide bonds. The van der Waals surface area contributed by atoms with Crippen LogP contribution in [0.3, 0.4) is 0 Å². The van der Waals surface area contributed by atoms with Gasteiger partial charge in [0.2, 0.25) is 0 Å². The van der Waals surface area contributed by atoms with E-state index in [2.05, 4.69) is 9.97 Å². The van der Waals surface area contributed by atoms with Crippen LogP contribution in [0, 0.1) is 6.92 Å². The molecule has 2 fully saturated rings. The summed E-state index contributed by atoms with van der Waals surface area (Å²) in [5.41, 5.74) is 1.51. The fourth-order valence-electron chi connectivity index (χ4n) is 3.47. The Labute approximate surface area is 125 Å². The van der Waals surface area contributed by atoms with E-state index in [1.165, 1.54) is 12.8 Å². The minimum Gasteiger partial charge on any atom is -0.374 e. The summed E-state index contributed by atoms with van der Waals surface area (Å²) in [6, 6.07) is 0.228. The van der Waals surface area contributed by atoms with Crippen LogP contribution in [0.2, 0.25) is 0 Å². The van der Waals surface area contributed by atoms with Crippen molar-refractivity contribution in [3.63, 3.8) is 0 Å². The lowest BCUT2D eigenvalue weighted by Gasteiger charge is -2.43. The Kier molecular flexibility index (Phi) is 4.19. The molecule has 1 aliphatic heterocycles. The lowest BCUT2D eigenvalue weighted by molar-refractivity contribution is -0.0753. The number of carbonyl (C=O) groups is 1. The Morgan fingerprint density at radius 3 is 3.05 bits per heavy atom. The third-order valence-corrected chi connectivity index (χ3v) is 4.55. The molecule has 1 saturated heterocycles. The molecule has 0 radical (unpaired) electrons. The smallest absolute Gasteiger partial charge is 0.257 e. The molecule has 0 aromatic carbocycles. The third-order valence-electron chi connectivity index (χ3n) is 4.55. The van der Waals surface area contributed by atoms with Crippen LogP contribution in [0.25, 0.3) is 0 Å². The molecule has 5 heteroatoms. The molecule has 5 nitrogen and oxygen atoms in total. The Morgan fingerprint density at radius 2 is 2.24 bits per heavy atom. The highest BCUT2D eigenvalue weighted by Gasteiger charge is 2.37. The molecule has 2 atom stereocenters. The molecular weight excluding hydrogens is 266 g/mol. The van der Waals surface area contributed by atoms with Crippen LogP contribution in [0.5, 0.6) is 0 Å². The van der Waals surface area contributed by atoms with Gasteiger partial charge in [0, 0.05) is 12.7 Å². The molecule has 3 rings (SSSR count). The number of fused-ring (bicyclic) bond motifs is 1. The predicted molar refractivity (Wildman–Crippen MR) is 79.2 cm³/mol. The second-order valence-corrected chi connectivity index (χ2v) is 5.89. The van der Waals surface area contributed by atoms with Gasteiger partial charge in [-0.1, -0.05) is 19.8 Å². The van der Waals surface area contributed by atoms with E-state index in [0.717, 1.165) is 30.8 Å². The molecule has 21 heavy (non-hydrogen) atoms. The van der Waals surface area contributed by atoms with E-state index in [9.17, 15) is 4.79 Å². The van der Waals surface area contributed by atoms with Crippen LogP contribution in [-0.4, -0.2) is 46.1 Å². The highest BCUT2D eigenvalue weighted by atomic mass is 16.5. The first kappa shape index (κ1) is 14.4. The first-order valence-corrected chi connectivity index (χ1v) is 7.95. The molecule has 114 valence electrons. The number of amides is 1. The minimum absolute atomic E-state index is 0.0760. The maximum absolute atomic E-state index is 12.9. The number of rotatable bonds is 2. The second kappa shape index (κ2) is 6.10. The summed E-state index contributed by atoms with van der Waals surface area (Å²) in [6.07, 6.45) is 7.16. The topological polar surface area (TPSA) is 55.3 Å². The van der Waals surface area contributed by atoms with E-state index in [1.54, 1.807) is 6.20 Å². The highest BCUT2D eigenvalue weighted by molar-refractivity contribution is 5.95. The lowest BCUT2D eigenvalue weighted by atomic mass is 9.89. The zero-order chi connectivity index (χ0) is 14.8. The molecule has 0 spiro atoms. The van der Waals surface area contributed by atoms with Crippen molar-refractivity contribution in [3.05, 3.63) is 23.3 Å². The van der Waals surface area contributed by atoms with Gasteiger partial charge in [0.25, 0.3) is 5.91 Å². The van der Waals surface area contributed by atoms with Crippen LogP contribution in [0.15, 0.2) is 6.20 Å². The average Bonchev–Trinajstić information content (AvgIpc) is 2.53. The summed E-state index contributed by atoms with van der Waals surface area (Å²) in [4.78, 5) is 23.6. The quantitative estimate of drug-likeness (QED) is 0.837. The maximum Gasteiger partial charge on any atom is 0.257 e. The molecule has 0 N–H and O–H groups in total. The van der Waals surface area contributed by atoms with Gasteiger partial charge in [0.1, 0.15) is 5.82 Å². The lowest BCUT2D eigenvalue weighted by Crippen LogP contribution is -2.55. The van der Waals surface area contributed by atoms with E-state index >= 15 is 0 Å². The van der Waals surface area contributed by atoms with Gasteiger partial charge < -0.3 is 9.64 Å². The fourth-order valence-corrected chi connectivity index (χ4v) is 3.47. The number of aryl methyl sites for hydroxylation is 2. The Hall–Kier alpha value is -1.49. The van der Waals surface area contributed by atoms with Crippen molar-refractivity contribution in [2.24, 2.45) is 0 Å². The summed E-state index contributed by atoms with van der Waals surface area (Å²) >= 11 is 0. The molecule has 1 aliphatic carbocycles. The van der Waals surface area contributed by atoms with Crippen molar-refractivity contribution in [1.82, 2.24) is 14.9 Å². The van der Waals surface area contributed by atoms with Crippen molar-refractivity contribution >= 4 is 5.91 Å². The SMILES string of the molecule is CCc1nc(C)ncc1C(=O)N1CCO[C@@H]2CCCC[C@@H]21. The maximum atomic E-state index is 12.9. The summed E-state index contributed by atoms with van der Waals surface area (Å²) in [5.74, 6) is 0.799. The second-order valence-electron chi connectivity index (χ2n) is 5.89. The fraction of sp³-hybridized carbons (Fsp3) is 0.688. The van der Waals surface area contributed by atoms with Crippen LogP contribution in [0.1, 0.15) is 54.5 Å². The first-order chi connectivity index (χ1) is 10.2. The van der Waals surface area contributed by atoms with Crippen molar-refractivity contribution < 1.29 is 9.53 Å². The molecule has 2 heterocycles. The van der Waals surface area contributed by atoms with E-state index in [4.69, 9.17) is 4.74 Å². The van der Waals surface area contributed by atoms with Crippen LogP contribution < -0.4 is 0 Å². The predicted octanol–water partition coefficient (Wildman–Crippen LogP) is 2.13. The summed E-state index contributed by atoms with van der Waals surface area (Å²) < 4.78 is 5.85. The highest BCUT2D eigenvalue weighted by Crippen LogP contribution is 2.29. The molecule has 0 unspecified atom stereocenters. The number of aromatic nitrogens is 2. The minimum atomic E-state index is 0.0760. The van der Waals surface area contributed by atoms with Crippen LogP contribution in [0.4, 0.5) is 0 Å². The first-order valence-electron chi connectivity index (χ1n) is 7.95. The molecule has 2 aliphatic rings. The number of hydrogen-bond acceptors (Lipinski definition) is 4. The van der Waals surface area contributed by atoms with Gasteiger partial charge in [-0.2, -0.15) is 0 Å². The molecular formula is C16H23N3O2. The van der Waals surface area contributed by atoms with Gasteiger partial charge in [-0.15, -0.1) is 0 Å². The number of morpholine rings is 1. The van der Waals surface area contributed by atoms with Gasteiger partial charge in [-0.25, -0.2) is 9.97 Å². The number of ether oxygens (including phenoxy) is 1. The molecule has 0 bridgehead atoms. The number of carbonyl (C=O) groups excluding carboxylic acids is 1. The van der Waals surface area contributed by atoms with Crippen molar-refractivity contribution in [3.8, 4) is 0 Å². The largest absolute Gasteiger partial charge is 0.374 e. The van der Waals surface area contributed by atoms with Gasteiger partial charge in [-0.05, 0) is 26.2 Å². The third kappa shape index (κ3) is 2.79. The van der Waals surface area contributed by atoms with E-state index in [1.807, 2.05) is 18.7 Å². The monoisotopic (exact) mass is 289 g/mol. The van der Waals surface area contributed by atoms with Crippen molar-refractivity contribution in [2.45, 2.75) is 58.1 Å². The summed E-state index contributed by atoms with van der Waals surface area (Å²) in [5, 5.41) is 0. The van der Waals surface area contributed by atoms with Gasteiger partial charge in [0.15, 0.2) is 0 Å². The summed E-state index contributed by atoms with van der Waals surface area (Å²) in [6.45, 7) is 5.21. The van der Waals surface area contributed by atoms with Crippen LogP contribution >= 0.6 is 0 Å². The Balaban J connectivity index is 1.87. The van der Waals surface area contributed by atoms with E-state index < -0.39 is 0 Å². The van der Waals surface area contributed by atoms with E-state index in [0.29, 0.717) is 18.7 Å². The van der Waals surface area contributed by atoms with Gasteiger partial charge in [0.05, 0.1) is 30.0 Å². The number of hydrogen-bond donors (Lipinski definition) is 0. The Bertz CT molecular complexity index is 530. The van der Waals surface area contributed by atoms with Crippen molar-refractivity contribution in [1.29, 1.82) is 0 Å².